The molecule has 0 amide bonds. The van der Waals surface area contributed by atoms with E-state index < -0.39 is 5.41 Å². The summed E-state index contributed by atoms with van der Waals surface area (Å²) in [6, 6.07) is 0. The van der Waals surface area contributed by atoms with Crippen molar-refractivity contribution in [3.8, 4) is 0 Å². The molecule has 94 valence electrons. The first-order valence-corrected chi connectivity index (χ1v) is 7.86. The Morgan fingerprint density at radius 2 is 2.12 bits per heavy atom. The SMILES string of the molecule is C=C1C(=O)C[C@@H]2CC(C)CC(=O)[C@]12CCCI. The van der Waals surface area contributed by atoms with Gasteiger partial charge in [-0.2, -0.15) is 0 Å². The molecule has 0 bridgehead atoms. The second kappa shape index (κ2) is 4.82. The van der Waals surface area contributed by atoms with Crippen LogP contribution < -0.4 is 0 Å². The highest BCUT2D eigenvalue weighted by molar-refractivity contribution is 14.1. The lowest BCUT2D eigenvalue weighted by atomic mass is 9.61. The van der Waals surface area contributed by atoms with Crippen LogP contribution in [-0.4, -0.2) is 16.0 Å². The van der Waals surface area contributed by atoms with Crippen molar-refractivity contribution in [3.63, 3.8) is 0 Å². The Labute approximate surface area is 116 Å². The summed E-state index contributed by atoms with van der Waals surface area (Å²) in [7, 11) is 0. The van der Waals surface area contributed by atoms with Gasteiger partial charge in [0.1, 0.15) is 5.78 Å². The molecule has 0 heterocycles. The van der Waals surface area contributed by atoms with E-state index in [4.69, 9.17) is 0 Å². The molecule has 0 radical (unpaired) electrons. The lowest BCUT2D eigenvalue weighted by Crippen LogP contribution is -2.42. The molecule has 0 aromatic rings. The van der Waals surface area contributed by atoms with Crippen LogP contribution >= 0.6 is 22.6 Å². The minimum atomic E-state index is -0.477. The normalized spacial score (nSPS) is 37.4. The number of alkyl halides is 1. The second-order valence-electron chi connectivity index (χ2n) is 5.53. The molecular weight excluding hydrogens is 327 g/mol. The molecule has 1 unspecified atom stereocenters. The second-order valence-corrected chi connectivity index (χ2v) is 6.61. The van der Waals surface area contributed by atoms with Gasteiger partial charge in [-0.25, -0.2) is 0 Å². The van der Waals surface area contributed by atoms with E-state index >= 15 is 0 Å². The maximum atomic E-state index is 12.5. The quantitative estimate of drug-likeness (QED) is 0.446. The fraction of sp³-hybridized carbons (Fsp3) is 0.714. The topological polar surface area (TPSA) is 34.1 Å². The maximum absolute atomic E-state index is 12.5. The van der Waals surface area contributed by atoms with Crippen LogP contribution in [0.4, 0.5) is 0 Å². The molecule has 3 atom stereocenters. The number of allylic oxidation sites excluding steroid dienone is 1. The number of ketones is 2. The standard InChI is InChI=1S/C14H19IO2/c1-9-6-11-8-12(16)10(2)14(11,4-3-5-15)13(17)7-9/h9,11H,2-8H2,1H3/t9?,11-,14+/m0/s1. The summed E-state index contributed by atoms with van der Waals surface area (Å²) in [6.45, 7) is 6.06. The highest BCUT2D eigenvalue weighted by Gasteiger charge is 2.56. The van der Waals surface area contributed by atoms with Crippen molar-refractivity contribution in [2.24, 2.45) is 17.3 Å². The molecule has 0 N–H and O–H groups in total. The van der Waals surface area contributed by atoms with E-state index in [9.17, 15) is 9.59 Å². The number of fused-ring (bicyclic) bond motifs is 1. The zero-order valence-corrected chi connectivity index (χ0v) is 12.5. The van der Waals surface area contributed by atoms with Crippen molar-refractivity contribution in [1.29, 1.82) is 0 Å². The fourth-order valence-corrected chi connectivity index (χ4v) is 3.99. The van der Waals surface area contributed by atoms with Gasteiger partial charge < -0.3 is 0 Å². The lowest BCUT2D eigenvalue weighted by Gasteiger charge is -2.40. The zero-order chi connectivity index (χ0) is 12.6. The van der Waals surface area contributed by atoms with Gasteiger partial charge >= 0.3 is 0 Å². The molecule has 2 nitrogen and oxygen atoms in total. The average molecular weight is 346 g/mol. The summed E-state index contributed by atoms with van der Waals surface area (Å²) in [5.41, 5.74) is 0.138. The van der Waals surface area contributed by atoms with Gasteiger partial charge in [-0.3, -0.25) is 9.59 Å². The third-order valence-corrected chi connectivity index (χ3v) is 5.19. The monoisotopic (exact) mass is 346 g/mol. The van der Waals surface area contributed by atoms with Crippen LogP contribution in [0.1, 0.15) is 39.0 Å². The number of rotatable bonds is 3. The molecular formula is C14H19IO2. The number of carbonyl (C=O) groups excluding carboxylic acids is 2. The molecule has 2 aliphatic carbocycles. The van der Waals surface area contributed by atoms with Crippen molar-refractivity contribution in [2.75, 3.05) is 4.43 Å². The van der Waals surface area contributed by atoms with Crippen LogP contribution in [-0.2, 0) is 9.59 Å². The van der Waals surface area contributed by atoms with Crippen molar-refractivity contribution in [2.45, 2.75) is 39.0 Å². The van der Waals surface area contributed by atoms with Crippen molar-refractivity contribution >= 4 is 34.2 Å². The van der Waals surface area contributed by atoms with Gasteiger partial charge in [0.15, 0.2) is 5.78 Å². The third kappa shape index (κ3) is 2.00. The molecule has 2 rings (SSSR count). The van der Waals surface area contributed by atoms with Crippen LogP contribution in [0.15, 0.2) is 12.2 Å². The van der Waals surface area contributed by atoms with Gasteiger partial charge in [-0.1, -0.05) is 36.1 Å². The fourth-order valence-electron chi connectivity index (χ4n) is 3.60. The minimum absolute atomic E-state index is 0.130. The summed E-state index contributed by atoms with van der Waals surface area (Å²) in [5, 5.41) is 0. The molecule has 0 saturated heterocycles. The Bertz CT molecular complexity index is 374. The largest absolute Gasteiger partial charge is 0.299 e. The first kappa shape index (κ1) is 13.2. The summed E-state index contributed by atoms with van der Waals surface area (Å²) in [4.78, 5) is 24.4. The number of hydrogen-bond acceptors (Lipinski definition) is 2. The van der Waals surface area contributed by atoms with E-state index in [1.54, 1.807) is 0 Å². The van der Waals surface area contributed by atoms with Crippen LogP contribution in [0.5, 0.6) is 0 Å². The van der Waals surface area contributed by atoms with E-state index in [2.05, 4.69) is 36.1 Å². The molecule has 0 spiro atoms. The Morgan fingerprint density at radius 3 is 2.76 bits per heavy atom. The van der Waals surface area contributed by atoms with E-state index in [0.29, 0.717) is 24.3 Å². The van der Waals surface area contributed by atoms with E-state index in [1.165, 1.54) is 0 Å². The van der Waals surface area contributed by atoms with Crippen LogP contribution in [0, 0.1) is 17.3 Å². The van der Waals surface area contributed by atoms with Gasteiger partial charge in [-0.15, -0.1) is 0 Å². The molecule has 3 heteroatoms. The molecule has 2 aliphatic rings. The van der Waals surface area contributed by atoms with Crippen molar-refractivity contribution in [3.05, 3.63) is 12.2 Å². The number of halogens is 1. The van der Waals surface area contributed by atoms with E-state index in [1.807, 2.05) is 0 Å². The van der Waals surface area contributed by atoms with Crippen molar-refractivity contribution in [1.82, 2.24) is 0 Å². The summed E-state index contributed by atoms with van der Waals surface area (Å²) in [5.74, 6) is 1.08. The van der Waals surface area contributed by atoms with Crippen LogP contribution in [0.25, 0.3) is 0 Å². The Morgan fingerprint density at radius 1 is 1.41 bits per heavy atom. The predicted octanol–water partition coefficient (Wildman–Crippen LogP) is 3.33. The van der Waals surface area contributed by atoms with Gasteiger partial charge in [0, 0.05) is 18.4 Å². The molecule has 17 heavy (non-hydrogen) atoms. The third-order valence-electron chi connectivity index (χ3n) is 4.43. The molecule has 2 saturated carbocycles. The zero-order valence-electron chi connectivity index (χ0n) is 10.3. The Hall–Kier alpha value is -0.190. The minimum Gasteiger partial charge on any atom is -0.299 e. The smallest absolute Gasteiger partial charge is 0.159 e. The van der Waals surface area contributed by atoms with Gasteiger partial charge in [0.2, 0.25) is 0 Å². The van der Waals surface area contributed by atoms with Crippen molar-refractivity contribution < 1.29 is 9.59 Å². The first-order chi connectivity index (χ1) is 8.02. The van der Waals surface area contributed by atoms with Gasteiger partial charge in [0.25, 0.3) is 0 Å². The molecule has 0 aromatic carbocycles. The van der Waals surface area contributed by atoms with Crippen LogP contribution in [0.2, 0.25) is 0 Å². The van der Waals surface area contributed by atoms with Crippen LogP contribution in [0.3, 0.4) is 0 Å². The van der Waals surface area contributed by atoms with E-state index in [-0.39, 0.29) is 17.5 Å². The average Bonchev–Trinajstić information content (AvgIpc) is 2.50. The predicted molar refractivity (Wildman–Crippen MR) is 76.2 cm³/mol. The summed E-state index contributed by atoms with van der Waals surface area (Å²) in [6.07, 6.45) is 4.03. The number of Topliss-reactive ketones (excluding diaryl/α,β-unsaturated/α-hetero) is 2. The highest BCUT2D eigenvalue weighted by atomic mass is 127. The van der Waals surface area contributed by atoms with E-state index in [0.717, 1.165) is 23.7 Å². The Kier molecular flexibility index (Phi) is 3.76. The molecule has 0 aliphatic heterocycles. The summed E-state index contributed by atoms with van der Waals surface area (Å²) >= 11 is 2.33. The maximum Gasteiger partial charge on any atom is 0.159 e. The lowest BCUT2D eigenvalue weighted by molar-refractivity contribution is -0.133. The number of hydrogen-bond donors (Lipinski definition) is 0. The highest BCUT2D eigenvalue weighted by Crippen LogP contribution is 2.55. The molecule has 0 aromatic heterocycles. The Balaban J connectivity index is 2.35. The first-order valence-electron chi connectivity index (χ1n) is 6.34. The number of carbonyl (C=O) groups is 2. The van der Waals surface area contributed by atoms with Gasteiger partial charge in [0.05, 0.1) is 5.41 Å². The van der Waals surface area contributed by atoms with Gasteiger partial charge in [-0.05, 0) is 35.5 Å². The molecule has 2 fully saturated rings. The summed E-state index contributed by atoms with van der Waals surface area (Å²) < 4.78 is 1.04.